The molecule has 1 aliphatic heterocycles. The Morgan fingerprint density at radius 2 is 1.79 bits per heavy atom. The Kier molecular flexibility index (Phi) is 6.57. The van der Waals surface area contributed by atoms with Gasteiger partial charge in [0.2, 0.25) is 5.91 Å². The van der Waals surface area contributed by atoms with Gasteiger partial charge in [-0.05, 0) is 37.1 Å². The van der Waals surface area contributed by atoms with Crippen LogP contribution < -0.4 is 10.1 Å². The first kappa shape index (κ1) is 19.8. The van der Waals surface area contributed by atoms with Gasteiger partial charge in [-0.1, -0.05) is 18.2 Å². The van der Waals surface area contributed by atoms with Gasteiger partial charge in [0.05, 0.1) is 18.6 Å². The smallest absolute Gasteiger partial charge is 0.254 e. The summed E-state index contributed by atoms with van der Waals surface area (Å²) in [5.74, 6) is -1.45. The van der Waals surface area contributed by atoms with E-state index in [1.807, 2.05) is 30.3 Å². The SMILES string of the molecule is O=C(NC1CCN(C(=O)CCOc2ccccc2)CC1)c1ccc(F)cc1F. The number of nitrogens with zero attached hydrogens (tertiary/aromatic N) is 1. The summed E-state index contributed by atoms with van der Waals surface area (Å²) in [6.07, 6.45) is 1.45. The first-order valence-corrected chi connectivity index (χ1v) is 9.24. The lowest BCUT2D eigenvalue weighted by Crippen LogP contribution is -2.46. The molecule has 0 atom stereocenters. The number of likely N-dealkylation sites (tertiary alicyclic amines) is 1. The minimum atomic E-state index is -0.886. The Hall–Kier alpha value is -2.96. The van der Waals surface area contributed by atoms with E-state index in [-0.39, 0.29) is 23.9 Å². The van der Waals surface area contributed by atoms with Crippen LogP contribution in [-0.4, -0.2) is 42.5 Å². The standard InChI is InChI=1S/C21H22F2N2O3/c22-15-6-7-18(19(23)14-15)21(27)24-16-8-11-25(12-9-16)20(26)10-13-28-17-4-2-1-3-5-17/h1-7,14,16H,8-13H2,(H,24,27). The van der Waals surface area contributed by atoms with Gasteiger partial charge < -0.3 is 15.0 Å². The zero-order valence-corrected chi connectivity index (χ0v) is 15.4. The highest BCUT2D eigenvalue weighted by molar-refractivity contribution is 5.94. The number of nitrogens with one attached hydrogen (secondary N) is 1. The number of carbonyl (C=O) groups is 2. The molecule has 0 radical (unpaired) electrons. The van der Waals surface area contributed by atoms with Gasteiger partial charge in [0.15, 0.2) is 0 Å². The van der Waals surface area contributed by atoms with E-state index in [0.717, 1.165) is 17.9 Å². The topological polar surface area (TPSA) is 58.6 Å². The second-order valence-corrected chi connectivity index (χ2v) is 6.66. The summed E-state index contributed by atoms with van der Waals surface area (Å²) in [4.78, 5) is 26.2. The average molecular weight is 388 g/mol. The van der Waals surface area contributed by atoms with E-state index < -0.39 is 17.5 Å². The molecule has 0 spiro atoms. The van der Waals surface area contributed by atoms with Crippen molar-refractivity contribution >= 4 is 11.8 Å². The van der Waals surface area contributed by atoms with Crippen molar-refractivity contribution in [2.24, 2.45) is 0 Å². The third-order valence-electron chi connectivity index (χ3n) is 4.69. The van der Waals surface area contributed by atoms with E-state index in [4.69, 9.17) is 4.74 Å². The van der Waals surface area contributed by atoms with Gasteiger partial charge in [-0.25, -0.2) is 8.78 Å². The highest BCUT2D eigenvalue weighted by Crippen LogP contribution is 2.15. The van der Waals surface area contributed by atoms with Crippen molar-refractivity contribution in [3.63, 3.8) is 0 Å². The number of hydrogen-bond donors (Lipinski definition) is 1. The quantitative estimate of drug-likeness (QED) is 0.827. The first-order valence-electron chi connectivity index (χ1n) is 9.24. The van der Waals surface area contributed by atoms with E-state index in [1.54, 1.807) is 4.90 Å². The zero-order chi connectivity index (χ0) is 19.9. The van der Waals surface area contributed by atoms with Crippen molar-refractivity contribution < 1.29 is 23.1 Å². The first-order chi connectivity index (χ1) is 13.5. The molecular formula is C21H22F2N2O3. The van der Waals surface area contributed by atoms with Crippen LogP contribution in [0.15, 0.2) is 48.5 Å². The maximum absolute atomic E-state index is 13.7. The van der Waals surface area contributed by atoms with Gasteiger partial charge in [0, 0.05) is 25.2 Å². The number of halogens is 2. The molecule has 0 aliphatic carbocycles. The zero-order valence-electron chi connectivity index (χ0n) is 15.4. The minimum absolute atomic E-state index is 0.00490. The van der Waals surface area contributed by atoms with E-state index in [9.17, 15) is 18.4 Å². The molecule has 7 heteroatoms. The molecule has 0 bridgehead atoms. The number of para-hydroxylation sites is 1. The number of ether oxygens (including phenoxy) is 1. The van der Waals surface area contributed by atoms with Gasteiger partial charge in [-0.2, -0.15) is 0 Å². The molecule has 1 N–H and O–H groups in total. The summed E-state index contributed by atoms with van der Waals surface area (Å²) in [6, 6.07) is 12.0. The molecule has 1 aliphatic rings. The average Bonchev–Trinajstić information content (AvgIpc) is 2.69. The molecular weight excluding hydrogens is 366 g/mol. The van der Waals surface area contributed by atoms with E-state index in [1.165, 1.54) is 0 Å². The van der Waals surface area contributed by atoms with Crippen molar-refractivity contribution in [3.8, 4) is 5.75 Å². The molecule has 0 aromatic heterocycles. The maximum Gasteiger partial charge on any atom is 0.254 e. The van der Waals surface area contributed by atoms with Crippen molar-refractivity contribution in [2.45, 2.75) is 25.3 Å². The summed E-state index contributed by atoms with van der Waals surface area (Å²) < 4.78 is 32.2. The molecule has 3 rings (SSSR count). The lowest BCUT2D eigenvalue weighted by molar-refractivity contribution is -0.132. The van der Waals surface area contributed by atoms with Crippen LogP contribution in [0, 0.1) is 11.6 Å². The van der Waals surface area contributed by atoms with Crippen LogP contribution in [0.3, 0.4) is 0 Å². The van der Waals surface area contributed by atoms with Crippen molar-refractivity contribution in [1.82, 2.24) is 10.2 Å². The lowest BCUT2D eigenvalue weighted by Gasteiger charge is -2.32. The Balaban J connectivity index is 1.41. The minimum Gasteiger partial charge on any atom is -0.493 e. The summed E-state index contributed by atoms with van der Waals surface area (Å²) in [5.41, 5.74) is -0.182. The van der Waals surface area contributed by atoms with Crippen LogP contribution in [0.25, 0.3) is 0 Å². The molecule has 148 valence electrons. The van der Waals surface area contributed by atoms with Crippen LogP contribution in [0.4, 0.5) is 8.78 Å². The molecule has 5 nitrogen and oxygen atoms in total. The monoisotopic (exact) mass is 388 g/mol. The third kappa shape index (κ3) is 5.28. The summed E-state index contributed by atoms with van der Waals surface area (Å²) in [7, 11) is 0. The van der Waals surface area contributed by atoms with Crippen LogP contribution in [0.1, 0.15) is 29.6 Å². The van der Waals surface area contributed by atoms with Crippen molar-refractivity contribution in [3.05, 3.63) is 65.7 Å². The van der Waals surface area contributed by atoms with Crippen molar-refractivity contribution in [1.29, 1.82) is 0 Å². The molecule has 28 heavy (non-hydrogen) atoms. The number of piperidine rings is 1. The second kappa shape index (κ2) is 9.30. The summed E-state index contributed by atoms with van der Waals surface area (Å²) >= 11 is 0. The second-order valence-electron chi connectivity index (χ2n) is 6.66. The molecule has 0 unspecified atom stereocenters. The fourth-order valence-corrected chi connectivity index (χ4v) is 3.14. The van der Waals surface area contributed by atoms with Gasteiger partial charge >= 0.3 is 0 Å². The third-order valence-corrected chi connectivity index (χ3v) is 4.69. The molecule has 0 saturated carbocycles. The fourth-order valence-electron chi connectivity index (χ4n) is 3.14. The molecule has 1 fully saturated rings. The number of hydrogen-bond acceptors (Lipinski definition) is 3. The van der Waals surface area contributed by atoms with Crippen LogP contribution >= 0.6 is 0 Å². The van der Waals surface area contributed by atoms with Crippen molar-refractivity contribution in [2.75, 3.05) is 19.7 Å². The normalized spacial score (nSPS) is 14.6. The number of benzene rings is 2. The van der Waals surface area contributed by atoms with Crippen LogP contribution in [-0.2, 0) is 4.79 Å². The van der Waals surface area contributed by atoms with Gasteiger partial charge in [0.1, 0.15) is 17.4 Å². The Morgan fingerprint density at radius 3 is 2.46 bits per heavy atom. The molecule has 1 heterocycles. The van der Waals surface area contributed by atoms with Gasteiger partial charge in [0.25, 0.3) is 5.91 Å². The van der Waals surface area contributed by atoms with E-state index in [2.05, 4.69) is 5.32 Å². The molecule has 2 aromatic rings. The number of carbonyl (C=O) groups excluding carboxylic acids is 2. The number of amides is 2. The highest BCUT2D eigenvalue weighted by Gasteiger charge is 2.24. The largest absolute Gasteiger partial charge is 0.493 e. The predicted octanol–water partition coefficient (Wildman–Crippen LogP) is 3.15. The highest BCUT2D eigenvalue weighted by atomic mass is 19.1. The lowest BCUT2D eigenvalue weighted by atomic mass is 10.0. The predicted molar refractivity (Wildman–Crippen MR) is 100.0 cm³/mol. The van der Waals surface area contributed by atoms with Crippen LogP contribution in [0.5, 0.6) is 5.75 Å². The Labute approximate surface area is 162 Å². The summed E-state index contributed by atoms with van der Waals surface area (Å²) in [5, 5.41) is 2.76. The van der Waals surface area contributed by atoms with E-state index >= 15 is 0 Å². The Bertz CT molecular complexity index is 822. The maximum atomic E-state index is 13.7. The number of rotatable bonds is 6. The molecule has 1 saturated heterocycles. The van der Waals surface area contributed by atoms with Crippen LogP contribution in [0.2, 0.25) is 0 Å². The van der Waals surface area contributed by atoms with Gasteiger partial charge in [-0.15, -0.1) is 0 Å². The van der Waals surface area contributed by atoms with E-state index in [0.29, 0.717) is 38.6 Å². The van der Waals surface area contributed by atoms with Gasteiger partial charge in [-0.3, -0.25) is 9.59 Å². The fraction of sp³-hybridized carbons (Fsp3) is 0.333. The molecule has 2 aromatic carbocycles. The summed E-state index contributed by atoms with van der Waals surface area (Å²) in [6.45, 7) is 1.34. The Morgan fingerprint density at radius 1 is 1.07 bits per heavy atom. The molecule has 2 amide bonds.